The fourth-order valence-corrected chi connectivity index (χ4v) is 7.78. The summed E-state index contributed by atoms with van der Waals surface area (Å²) >= 11 is 1.84. The van der Waals surface area contributed by atoms with Gasteiger partial charge in [-0.2, -0.15) is 5.26 Å². The topological polar surface area (TPSA) is 33.6 Å². The molecule has 0 unspecified atom stereocenters. The molecule has 9 rings (SSSR count). The van der Waals surface area contributed by atoms with Crippen LogP contribution in [0.1, 0.15) is 11.1 Å². The van der Waals surface area contributed by atoms with Crippen molar-refractivity contribution in [1.82, 2.24) is 9.13 Å². The van der Waals surface area contributed by atoms with Gasteiger partial charge in [-0.05, 0) is 85.8 Å². The molecule has 6 aromatic carbocycles. The predicted molar refractivity (Wildman–Crippen MR) is 177 cm³/mol. The summed E-state index contributed by atoms with van der Waals surface area (Å²) in [6.07, 6.45) is 0. The van der Waals surface area contributed by atoms with E-state index >= 15 is 0 Å². The van der Waals surface area contributed by atoms with Crippen LogP contribution in [-0.4, -0.2) is 9.13 Å². The number of thiophene rings is 1. The normalized spacial score (nSPS) is 11.9. The molecule has 0 saturated carbocycles. The number of nitriles is 1. The number of benzene rings is 6. The van der Waals surface area contributed by atoms with Crippen LogP contribution in [-0.2, 0) is 0 Å². The fraction of sp³-hybridized carbons (Fsp3) is 0.0263. The maximum atomic E-state index is 9.59. The highest BCUT2D eigenvalue weighted by molar-refractivity contribution is 7.25. The zero-order chi connectivity index (χ0) is 27.9. The SMILES string of the molecule is Cc1ccc2c(c1)c1cc(C#N)ccc1n2-c1ccc2sc3ccc(-n4c5ccccc5c5ccccc54)cc3c2c1. The molecule has 0 atom stereocenters. The summed E-state index contributed by atoms with van der Waals surface area (Å²) in [4.78, 5) is 0. The van der Waals surface area contributed by atoms with Crippen LogP contribution < -0.4 is 0 Å². The van der Waals surface area contributed by atoms with Crippen LogP contribution in [0.4, 0.5) is 0 Å². The van der Waals surface area contributed by atoms with Gasteiger partial charge in [-0.3, -0.25) is 0 Å². The van der Waals surface area contributed by atoms with E-state index in [2.05, 4.69) is 131 Å². The number of para-hydroxylation sites is 2. The molecule has 0 aliphatic carbocycles. The highest BCUT2D eigenvalue weighted by Gasteiger charge is 2.16. The van der Waals surface area contributed by atoms with Gasteiger partial charge in [0.2, 0.25) is 0 Å². The highest BCUT2D eigenvalue weighted by atomic mass is 32.1. The van der Waals surface area contributed by atoms with Crippen LogP contribution in [0.2, 0.25) is 0 Å². The minimum atomic E-state index is 0.680. The molecule has 9 aromatic rings. The average Bonchev–Trinajstić information content (AvgIpc) is 3.67. The number of rotatable bonds is 2. The lowest BCUT2D eigenvalue weighted by molar-refractivity contribution is 1.18. The van der Waals surface area contributed by atoms with E-state index in [4.69, 9.17) is 0 Å². The first-order chi connectivity index (χ1) is 20.7. The largest absolute Gasteiger partial charge is 0.309 e. The lowest BCUT2D eigenvalue weighted by atomic mass is 10.1. The molecular weight excluding hydrogens is 531 g/mol. The van der Waals surface area contributed by atoms with Crippen molar-refractivity contribution in [3.63, 3.8) is 0 Å². The molecule has 0 amide bonds. The summed E-state index contributed by atoms with van der Waals surface area (Å²) in [5.74, 6) is 0. The van der Waals surface area contributed by atoms with Crippen LogP contribution >= 0.6 is 11.3 Å². The van der Waals surface area contributed by atoms with Crippen molar-refractivity contribution in [2.75, 3.05) is 0 Å². The van der Waals surface area contributed by atoms with Gasteiger partial charge in [0.1, 0.15) is 0 Å². The van der Waals surface area contributed by atoms with E-state index in [1.165, 1.54) is 58.6 Å². The Bertz CT molecular complexity index is 2550. The number of nitrogens with zero attached hydrogens (tertiary/aromatic N) is 3. The van der Waals surface area contributed by atoms with Gasteiger partial charge in [0.05, 0.1) is 33.7 Å². The molecule has 0 fully saturated rings. The smallest absolute Gasteiger partial charge is 0.0991 e. The molecule has 3 nitrogen and oxygen atoms in total. The Morgan fingerprint density at radius 2 is 1.02 bits per heavy atom. The van der Waals surface area contributed by atoms with E-state index < -0.39 is 0 Å². The number of fused-ring (bicyclic) bond motifs is 9. The Balaban J connectivity index is 1.31. The Labute approximate surface area is 245 Å². The molecular formula is C38H23N3S. The number of aryl methyl sites for hydroxylation is 1. The summed E-state index contributed by atoms with van der Waals surface area (Å²) in [7, 11) is 0. The number of aromatic nitrogens is 2. The van der Waals surface area contributed by atoms with Crippen LogP contribution in [0.15, 0.2) is 121 Å². The first-order valence-corrected chi connectivity index (χ1v) is 14.9. The van der Waals surface area contributed by atoms with Gasteiger partial charge < -0.3 is 9.13 Å². The average molecular weight is 554 g/mol. The van der Waals surface area contributed by atoms with E-state index in [1.54, 1.807) is 0 Å². The first kappa shape index (κ1) is 23.3. The van der Waals surface area contributed by atoms with Crippen molar-refractivity contribution in [2.45, 2.75) is 6.92 Å². The van der Waals surface area contributed by atoms with Crippen LogP contribution in [0.5, 0.6) is 0 Å². The zero-order valence-electron chi connectivity index (χ0n) is 22.8. The molecule has 4 heteroatoms. The second kappa shape index (κ2) is 8.57. The van der Waals surface area contributed by atoms with Gasteiger partial charge in [-0.25, -0.2) is 0 Å². The summed E-state index contributed by atoms with van der Waals surface area (Å²) in [5, 5.41) is 16.9. The van der Waals surface area contributed by atoms with Gasteiger partial charge in [-0.1, -0.05) is 48.0 Å². The molecule has 3 heterocycles. The first-order valence-electron chi connectivity index (χ1n) is 14.1. The van der Waals surface area contributed by atoms with E-state index in [0.29, 0.717) is 5.56 Å². The second-order valence-electron chi connectivity index (χ2n) is 11.0. The van der Waals surface area contributed by atoms with E-state index in [1.807, 2.05) is 23.5 Å². The molecule has 0 saturated heterocycles. The minimum absolute atomic E-state index is 0.680. The van der Waals surface area contributed by atoms with Crippen molar-refractivity contribution < 1.29 is 0 Å². The zero-order valence-corrected chi connectivity index (χ0v) is 23.6. The van der Waals surface area contributed by atoms with Gasteiger partial charge >= 0.3 is 0 Å². The predicted octanol–water partition coefficient (Wildman–Crippen LogP) is 10.4. The summed E-state index contributed by atoms with van der Waals surface area (Å²) in [6.45, 7) is 2.12. The van der Waals surface area contributed by atoms with Crippen molar-refractivity contribution >= 4 is 75.1 Å². The molecule has 0 radical (unpaired) electrons. The van der Waals surface area contributed by atoms with Crippen molar-refractivity contribution in [3.8, 4) is 17.4 Å². The quantitative estimate of drug-likeness (QED) is 0.210. The van der Waals surface area contributed by atoms with Crippen LogP contribution in [0.25, 0.3) is 75.2 Å². The monoisotopic (exact) mass is 553 g/mol. The lowest BCUT2D eigenvalue weighted by Crippen LogP contribution is -1.94. The summed E-state index contributed by atoms with van der Waals surface area (Å²) in [5.41, 5.74) is 8.88. The molecule has 0 N–H and O–H groups in total. The van der Waals surface area contributed by atoms with Gasteiger partial charge in [0.25, 0.3) is 0 Å². The van der Waals surface area contributed by atoms with Crippen molar-refractivity contribution in [2.24, 2.45) is 0 Å². The van der Waals surface area contributed by atoms with E-state index in [0.717, 1.165) is 22.1 Å². The van der Waals surface area contributed by atoms with Gasteiger partial charge in [0, 0.05) is 53.1 Å². The maximum Gasteiger partial charge on any atom is 0.0991 e. The molecule has 3 aromatic heterocycles. The van der Waals surface area contributed by atoms with E-state index in [9.17, 15) is 5.26 Å². The van der Waals surface area contributed by atoms with E-state index in [-0.39, 0.29) is 0 Å². The van der Waals surface area contributed by atoms with Gasteiger partial charge in [-0.15, -0.1) is 11.3 Å². The molecule has 0 bridgehead atoms. The number of hydrogen-bond acceptors (Lipinski definition) is 2. The Kier molecular flexibility index (Phi) is 4.76. The van der Waals surface area contributed by atoms with Crippen LogP contribution in [0, 0.1) is 18.3 Å². The van der Waals surface area contributed by atoms with Crippen molar-refractivity contribution in [3.05, 3.63) is 132 Å². The number of hydrogen-bond donors (Lipinski definition) is 0. The molecule has 0 aliphatic heterocycles. The molecule has 42 heavy (non-hydrogen) atoms. The summed E-state index contributed by atoms with van der Waals surface area (Å²) in [6, 6.07) is 45.9. The Morgan fingerprint density at radius 1 is 0.500 bits per heavy atom. The standard InChI is InChI=1S/C38H23N3S/c1-23-10-14-35-29(18-23)30-19-24(22-39)11-15-36(30)41(35)26-13-17-38-32(21-26)31-20-25(12-16-37(31)42-38)40-33-8-4-2-6-27(33)28-7-3-5-9-34(28)40/h2-21H,1H3. The molecule has 0 aliphatic rings. The lowest BCUT2D eigenvalue weighted by Gasteiger charge is -2.10. The third-order valence-electron chi connectivity index (χ3n) is 8.58. The summed E-state index contributed by atoms with van der Waals surface area (Å²) < 4.78 is 7.28. The molecule has 196 valence electrons. The van der Waals surface area contributed by atoms with Crippen LogP contribution in [0.3, 0.4) is 0 Å². The minimum Gasteiger partial charge on any atom is -0.309 e. The molecule has 0 spiro atoms. The third-order valence-corrected chi connectivity index (χ3v) is 9.73. The highest BCUT2D eigenvalue weighted by Crippen LogP contribution is 2.40. The second-order valence-corrected chi connectivity index (χ2v) is 12.1. The maximum absolute atomic E-state index is 9.59. The Morgan fingerprint density at radius 3 is 1.62 bits per heavy atom. The van der Waals surface area contributed by atoms with Gasteiger partial charge in [0.15, 0.2) is 0 Å². The Hall–Kier alpha value is -5.37. The fourth-order valence-electron chi connectivity index (χ4n) is 6.72. The third kappa shape index (κ3) is 3.20. The van der Waals surface area contributed by atoms with Crippen molar-refractivity contribution in [1.29, 1.82) is 5.26 Å².